The molecule has 1 aliphatic rings. The van der Waals surface area contributed by atoms with E-state index in [0.29, 0.717) is 17.0 Å². The summed E-state index contributed by atoms with van der Waals surface area (Å²) in [6.07, 6.45) is -0.819. The number of fused-ring (bicyclic) bond motifs is 1. The minimum absolute atomic E-state index is 0.0470. The van der Waals surface area contributed by atoms with Crippen molar-refractivity contribution in [2.24, 2.45) is 5.73 Å². The van der Waals surface area contributed by atoms with E-state index in [-0.39, 0.29) is 5.56 Å². The van der Waals surface area contributed by atoms with Crippen LogP contribution in [0.15, 0.2) is 22.6 Å². The number of rotatable bonds is 2. The highest BCUT2D eigenvalue weighted by Crippen LogP contribution is 2.43. The van der Waals surface area contributed by atoms with Gasteiger partial charge in [0.25, 0.3) is 6.43 Å². The zero-order chi connectivity index (χ0) is 11.3. The highest BCUT2D eigenvalue weighted by molar-refractivity contribution is 5.73. The maximum absolute atomic E-state index is 12.5. The molecule has 0 aliphatic heterocycles. The van der Waals surface area contributed by atoms with E-state index in [9.17, 15) is 8.78 Å². The van der Waals surface area contributed by atoms with Gasteiger partial charge in [-0.1, -0.05) is 0 Å². The van der Waals surface area contributed by atoms with Crippen molar-refractivity contribution in [3.05, 3.63) is 29.7 Å². The Morgan fingerprint density at radius 3 is 2.75 bits per heavy atom. The van der Waals surface area contributed by atoms with Crippen LogP contribution >= 0.6 is 0 Å². The number of halogens is 2. The maximum atomic E-state index is 12.5. The molecule has 0 spiro atoms. The molecule has 1 saturated carbocycles. The predicted octanol–water partition coefficient (Wildman–Crippen LogP) is 2.71. The lowest BCUT2D eigenvalue weighted by Gasteiger charge is -1.99. The Balaban J connectivity index is 2.10. The van der Waals surface area contributed by atoms with Gasteiger partial charge in [0, 0.05) is 5.56 Å². The van der Waals surface area contributed by atoms with Crippen LogP contribution in [0.3, 0.4) is 0 Å². The summed E-state index contributed by atoms with van der Waals surface area (Å²) >= 11 is 0. The monoisotopic (exact) mass is 224 g/mol. The molecule has 5 heteroatoms. The minimum atomic E-state index is -2.49. The molecule has 2 N–H and O–H groups in total. The van der Waals surface area contributed by atoms with Crippen molar-refractivity contribution < 1.29 is 13.2 Å². The normalized spacial score (nSPS) is 18.2. The van der Waals surface area contributed by atoms with E-state index in [4.69, 9.17) is 10.2 Å². The summed E-state index contributed by atoms with van der Waals surface area (Å²) in [7, 11) is 0. The Bertz CT molecular complexity index is 546. The van der Waals surface area contributed by atoms with E-state index in [1.807, 2.05) is 0 Å². The summed E-state index contributed by atoms with van der Waals surface area (Å²) in [6.45, 7) is 0. The average molecular weight is 224 g/mol. The van der Waals surface area contributed by atoms with Gasteiger partial charge in [0.15, 0.2) is 5.58 Å². The molecule has 0 amide bonds. The van der Waals surface area contributed by atoms with Crippen LogP contribution in [0.2, 0.25) is 0 Å². The standard InChI is InChI=1S/C11H10F2N2O/c12-9(13)6-1-2-8-7(5-6)15-10(16-8)11(14)3-4-11/h1-2,5,9H,3-4,14H2. The third-order valence-corrected chi connectivity index (χ3v) is 2.88. The van der Waals surface area contributed by atoms with E-state index in [1.54, 1.807) is 0 Å². The zero-order valence-corrected chi connectivity index (χ0v) is 8.41. The third-order valence-electron chi connectivity index (χ3n) is 2.88. The molecule has 3 nitrogen and oxygen atoms in total. The van der Waals surface area contributed by atoms with Crippen molar-refractivity contribution >= 4 is 11.1 Å². The van der Waals surface area contributed by atoms with Crippen molar-refractivity contribution in [1.82, 2.24) is 4.98 Å². The summed E-state index contributed by atoms with van der Waals surface area (Å²) in [6, 6.07) is 4.20. The van der Waals surface area contributed by atoms with Gasteiger partial charge in [-0.15, -0.1) is 0 Å². The average Bonchev–Trinajstić information content (AvgIpc) is 2.86. The lowest BCUT2D eigenvalue weighted by atomic mass is 10.2. The number of nitrogens with two attached hydrogens (primary N) is 1. The fraction of sp³-hybridized carbons (Fsp3) is 0.364. The summed E-state index contributed by atoms with van der Waals surface area (Å²) in [5.41, 5.74) is 6.37. The molecular weight excluding hydrogens is 214 g/mol. The van der Waals surface area contributed by atoms with Gasteiger partial charge in [0.2, 0.25) is 5.89 Å². The molecule has 84 valence electrons. The lowest BCUT2D eigenvalue weighted by molar-refractivity contribution is 0.151. The highest BCUT2D eigenvalue weighted by atomic mass is 19.3. The van der Waals surface area contributed by atoms with E-state index >= 15 is 0 Å². The second-order valence-electron chi connectivity index (χ2n) is 4.20. The topological polar surface area (TPSA) is 52.0 Å². The molecule has 0 unspecified atom stereocenters. The summed E-state index contributed by atoms with van der Waals surface area (Å²) < 4.78 is 30.4. The van der Waals surface area contributed by atoms with Crippen molar-refractivity contribution in [2.45, 2.75) is 24.8 Å². The van der Waals surface area contributed by atoms with E-state index in [2.05, 4.69) is 4.98 Å². The summed E-state index contributed by atoms with van der Waals surface area (Å²) in [5, 5.41) is 0. The molecule has 0 atom stereocenters. The van der Waals surface area contributed by atoms with Gasteiger partial charge in [0.05, 0.1) is 5.54 Å². The molecule has 2 aromatic rings. The molecule has 0 saturated heterocycles. The van der Waals surface area contributed by atoms with Gasteiger partial charge < -0.3 is 10.2 Å². The van der Waals surface area contributed by atoms with Gasteiger partial charge in [-0.2, -0.15) is 0 Å². The lowest BCUT2D eigenvalue weighted by Crippen LogP contribution is -2.18. The molecule has 1 aromatic carbocycles. The van der Waals surface area contributed by atoms with Crippen LogP contribution in [0.1, 0.15) is 30.7 Å². The third kappa shape index (κ3) is 1.39. The summed E-state index contributed by atoms with van der Waals surface area (Å²) in [5.74, 6) is 0.453. The molecule has 3 rings (SSSR count). The van der Waals surface area contributed by atoms with Gasteiger partial charge in [0.1, 0.15) is 5.52 Å². The Morgan fingerprint density at radius 2 is 2.12 bits per heavy atom. The largest absolute Gasteiger partial charge is 0.439 e. The Kier molecular flexibility index (Phi) is 1.83. The van der Waals surface area contributed by atoms with Crippen LogP contribution < -0.4 is 5.73 Å². The second kappa shape index (κ2) is 3.01. The van der Waals surface area contributed by atoms with Crippen LogP contribution in [-0.2, 0) is 5.54 Å². The number of alkyl halides is 2. The maximum Gasteiger partial charge on any atom is 0.263 e. The Labute approximate surface area is 90.3 Å². The Morgan fingerprint density at radius 1 is 1.38 bits per heavy atom. The van der Waals surface area contributed by atoms with Crippen molar-refractivity contribution in [3.63, 3.8) is 0 Å². The smallest absolute Gasteiger partial charge is 0.263 e. The molecule has 0 bridgehead atoms. The van der Waals surface area contributed by atoms with Crippen LogP contribution in [0.25, 0.3) is 11.1 Å². The highest BCUT2D eigenvalue weighted by Gasteiger charge is 2.45. The van der Waals surface area contributed by atoms with Gasteiger partial charge in [-0.25, -0.2) is 13.8 Å². The van der Waals surface area contributed by atoms with Crippen molar-refractivity contribution in [3.8, 4) is 0 Å². The SMILES string of the molecule is NC1(c2nc3cc(C(F)F)ccc3o2)CC1. The fourth-order valence-electron chi connectivity index (χ4n) is 1.64. The number of nitrogens with zero attached hydrogens (tertiary/aromatic N) is 1. The number of hydrogen-bond donors (Lipinski definition) is 1. The van der Waals surface area contributed by atoms with Crippen LogP contribution in [-0.4, -0.2) is 4.98 Å². The molecule has 0 radical (unpaired) electrons. The number of aromatic nitrogens is 1. The molecule has 1 heterocycles. The molecular formula is C11H10F2N2O. The van der Waals surface area contributed by atoms with Crippen molar-refractivity contribution in [2.75, 3.05) is 0 Å². The first-order valence-corrected chi connectivity index (χ1v) is 5.06. The molecule has 1 aliphatic carbocycles. The predicted molar refractivity (Wildman–Crippen MR) is 54.1 cm³/mol. The number of oxazole rings is 1. The van der Waals surface area contributed by atoms with Gasteiger partial charge in [-0.3, -0.25) is 0 Å². The molecule has 1 fully saturated rings. The van der Waals surface area contributed by atoms with Gasteiger partial charge in [-0.05, 0) is 31.0 Å². The number of benzene rings is 1. The van der Waals surface area contributed by atoms with Gasteiger partial charge >= 0.3 is 0 Å². The van der Waals surface area contributed by atoms with Crippen LogP contribution in [0.5, 0.6) is 0 Å². The van der Waals surface area contributed by atoms with E-state index < -0.39 is 12.0 Å². The Hall–Kier alpha value is -1.49. The molecule has 16 heavy (non-hydrogen) atoms. The van der Waals surface area contributed by atoms with E-state index in [1.165, 1.54) is 18.2 Å². The molecule has 1 aromatic heterocycles. The quantitative estimate of drug-likeness (QED) is 0.853. The van der Waals surface area contributed by atoms with Crippen molar-refractivity contribution in [1.29, 1.82) is 0 Å². The fourth-order valence-corrected chi connectivity index (χ4v) is 1.64. The van der Waals surface area contributed by atoms with E-state index in [0.717, 1.165) is 12.8 Å². The second-order valence-corrected chi connectivity index (χ2v) is 4.20. The number of hydrogen-bond acceptors (Lipinski definition) is 3. The van der Waals surface area contributed by atoms with Crippen LogP contribution in [0.4, 0.5) is 8.78 Å². The minimum Gasteiger partial charge on any atom is -0.439 e. The van der Waals surface area contributed by atoms with Crippen LogP contribution in [0, 0.1) is 0 Å². The first-order valence-electron chi connectivity index (χ1n) is 5.06. The summed E-state index contributed by atoms with van der Waals surface area (Å²) in [4.78, 5) is 4.16. The first-order chi connectivity index (χ1) is 7.58. The first kappa shape index (κ1) is 9.72. The zero-order valence-electron chi connectivity index (χ0n) is 8.41.